The van der Waals surface area contributed by atoms with Crippen LogP contribution in [0.4, 0.5) is 0 Å². The molecule has 2 aliphatic rings. The molecule has 1 fully saturated rings. The van der Waals surface area contributed by atoms with Crippen LogP contribution in [0, 0.1) is 12.8 Å². The molecule has 1 aliphatic heterocycles. The zero-order chi connectivity index (χ0) is 21.1. The van der Waals surface area contributed by atoms with E-state index in [0.717, 1.165) is 17.7 Å². The fourth-order valence-electron chi connectivity index (χ4n) is 3.82. The number of aromatic nitrogens is 3. The molecule has 3 unspecified atom stereocenters. The number of hydrogen-bond acceptors (Lipinski definition) is 7. The Morgan fingerprint density at radius 1 is 1.30 bits per heavy atom. The molecule has 1 aromatic carbocycles. The maximum Gasteiger partial charge on any atom is 0.151 e. The van der Waals surface area contributed by atoms with Crippen molar-refractivity contribution in [2.75, 3.05) is 20.2 Å². The third kappa shape index (κ3) is 4.62. The van der Waals surface area contributed by atoms with E-state index in [1.165, 1.54) is 5.56 Å². The minimum absolute atomic E-state index is 0.0359. The Morgan fingerprint density at radius 2 is 2.10 bits per heavy atom. The first-order valence-corrected chi connectivity index (χ1v) is 10.3. The molecule has 160 valence electrons. The number of nitrogens with zero attached hydrogens (tertiary/aromatic N) is 4. The number of aliphatic hydroxyl groups is 2. The highest BCUT2D eigenvalue weighted by atomic mass is 16.5. The molecule has 4 atom stereocenters. The van der Waals surface area contributed by atoms with E-state index < -0.39 is 12.5 Å². The van der Waals surface area contributed by atoms with Gasteiger partial charge in [-0.15, -0.1) is 5.10 Å². The average molecular weight is 412 g/mol. The molecule has 4 rings (SSSR count). The maximum absolute atomic E-state index is 10.8. The summed E-state index contributed by atoms with van der Waals surface area (Å²) in [7, 11) is 1.87. The number of benzene rings is 1. The first kappa shape index (κ1) is 20.7. The summed E-state index contributed by atoms with van der Waals surface area (Å²) in [5, 5.41) is 32.5. The van der Waals surface area contributed by atoms with Crippen molar-refractivity contribution >= 4 is 0 Å². The predicted molar refractivity (Wildman–Crippen MR) is 112 cm³/mol. The number of aryl methyl sites for hydroxylation is 1. The van der Waals surface area contributed by atoms with E-state index in [-0.39, 0.29) is 12.0 Å². The average Bonchev–Trinajstić information content (AvgIpc) is 3.19. The lowest BCUT2D eigenvalue weighted by atomic mass is 10.1. The Bertz CT molecular complexity index is 908. The highest BCUT2D eigenvalue weighted by Gasteiger charge is 2.33. The van der Waals surface area contributed by atoms with Gasteiger partial charge < -0.3 is 19.8 Å². The van der Waals surface area contributed by atoms with E-state index in [1.807, 2.05) is 24.1 Å². The van der Waals surface area contributed by atoms with Crippen molar-refractivity contribution in [1.82, 2.24) is 25.2 Å². The Labute approximate surface area is 176 Å². The monoisotopic (exact) mass is 411 g/mol. The minimum atomic E-state index is -0.972. The number of rotatable bonds is 6. The van der Waals surface area contributed by atoms with Crippen molar-refractivity contribution in [3.05, 3.63) is 71.2 Å². The fourth-order valence-corrected chi connectivity index (χ4v) is 3.82. The van der Waals surface area contributed by atoms with Crippen molar-refractivity contribution in [2.45, 2.75) is 38.4 Å². The summed E-state index contributed by atoms with van der Waals surface area (Å²) in [6, 6.07) is 8.22. The van der Waals surface area contributed by atoms with Crippen molar-refractivity contribution in [3.8, 4) is 0 Å². The molecule has 1 aromatic heterocycles. The van der Waals surface area contributed by atoms with Gasteiger partial charge in [-0.3, -0.25) is 5.32 Å². The SMILES string of the molecule is Cc1ccc(Cn2cc(C(O)NC[C@@H]3COC4CC=CC=C4N(C)C3O)nn2)cc1. The van der Waals surface area contributed by atoms with Gasteiger partial charge in [0.05, 0.1) is 19.3 Å². The van der Waals surface area contributed by atoms with Crippen molar-refractivity contribution < 1.29 is 14.9 Å². The molecule has 0 saturated carbocycles. The molecule has 8 nitrogen and oxygen atoms in total. The van der Waals surface area contributed by atoms with Gasteiger partial charge in [-0.2, -0.15) is 0 Å². The molecule has 8 heteroatoms. The third-order valence-electron chi connectivity index (χ3n) is 5.70. The third-order valence-corrected chi connectivity index (χ3v) is 5.70. The van der Waals surface area contributed by atoms with Crippen molar-refractivity contribution in [2.24, 2.45) is 5.92 Å². The fraction of sp³-hybridized carbons (Fsp3) is 0.455. The minimum Gasteiger partial charge on any atom is -0.373 e. The second-order valence-corrected chi connectivity index (χ2v) is 8.00. The molecule has 0 spiro atoms. The molecule has 3 N–H and O–H groups in total. The van der Waals surface area contributed by atoms with Crippen LogP contribution in [0.5, 0.6) is 0 Å². The number of ether oxygens (including phenoxy) is 1. The van der Waals surface area contributed by atoms with E-state index in [2.05, 4.69) is 52.9 Å². The summed E-state index contributed by atoms with van der Waals surface area (Å²) < 4.78 is 7.70. The maximum atomic E-state index is 10.8. The first-order valence-electron chi connectivity index (χ1n) is 10.3. The number of nitrogens with one attached hydrogen (secondary N) is 1. The standard InChI is InChI=1S/C22H29N5O3/c1-15-7-9-16(10-8-15)12-27-13-18(24-25-27)21(28)23-11-17-14-30-20-6-4-3-5-19(20)26(2)22(17)29/h3-5,7-10,13,17,20-23,28-29H,6,11-12,14H2,1-2H3/t17-,20?,21?,22?/m1/s1. The lowest BCUT2D eigenvalue weighted by Gasteiger charge is -2.32. The lowest BCUT2D eigenvalue weighted by molar-refractivity contribution is -0.0177. The van der Waals surface area contributed by atoms with Crippen LogP contribution in [-0.2, 0) is 11.3 Å². The highest BCUT2D eigenvalue weighted by molar-refractivity contribution is 5.23. The number of likely N-dealkylation sites (N-methyl/N-ethyl adjacent to an activating group) is 1. The van der Waals surface area contributed by atoms with Crippen LogP contribution in [0.2, 0.25) is 0 Å². The zero-order valence-corrected chi connectivity index (χ0v) is 17.3. The summed E-state index contributed by atoms with van der Waals surface area (Å²) in [6.45, 7) is 3.42. The Morgan fingerprint density at radius 3 is 2.90 bits per heavy atom. The van der Waals surface area contributed by atoms with Crippen LogP contribution in [-0.4, -0.2) is 62.6 Å². The smallest absolute Gasteiger partial charge is 0.151 e. The van der Waals surface area contributed by atoms with Gasteiger partial charge in [-0.05, 0) is 25.0 Å². The lowest BCUT2D eigenvalue weighted by Crippen LogP contribution is -2.43. The molecule has 0 radical (unpaired) electrons. The molecule has 0 bridgehead atoms. The van der Waals surface area contributed by atoms with Gasteiger partial charge >= 0.3 is 0 Å². The van der Waals surface area contributed by atoms with Gasteiger partial charge in [0.1, 0.15) is 18.0 Å². The second kappa shape index (κ2) is 9.09. The van der Waals surface area contributed by atoms with Crippen LogP contribution in [0.1, 0.15) is 29.5 Å². The molecular weight excluding hydrogens is 382 g/mol. The first-order chi connectivity index (χ1) is 14.5. The van der Waals surface area contributed by atoms with E-state index in [9.17, 15) is 10.2 Å². The van der Waals surface area contributed by atoms with E-state index in [4.69, 9.17) is 4.74 Å². The summed E-state index contributed by atoms with van der Waals surface area (Å²) in [5.41, 5.74) is 3.75. The van der Waals surface area contributed by atoms with Gasteiger partial charge in [0.25, 0.3) is 0 Å². The normalized spacial score (nSPS) is 24.9. The number of hydrogen-bond donors (Lipinski definition) is 3. The van der Waals surface area contributed by atoms with Gasteiger partial charge in [0.2, 0.25) is 0 Å². The molecular formula is C22H29N5O3. The Balaban J connectivity index is 1.33. The summed E-state index contributed by atoms with van der Waals surface area (Å²) in [4.78, 5) is 1.86. The number of allylic oxidation sites excluding steroid dienone is 2. The predicted octanol–water partition coefficient (Wildman–Crippen LogP) is 1.32. The largest absolute Gasteiger partial charge is 0.373 e. The summed E-state index contributed by atoms with van der Waals surface area (Å²) >= 11 is 0. The van der Waals surface area contributed by atoms with Crippen LogP contribution < -0.4 is 5.32 Å². The van der Waals surface area contributed by atoms with E-state index in [0.29, 0.717) is 25.4 Å². The number of fused-ring (bicyclic) bond motifs is 1. The van der Waals surface area contributed by atoms with E-state index >= 15 is 0 Å². The van der Waals surface area contributed by atoms with Crippen LogP contribution in [0.3, 0.4) is 0 Å². The van der Waals surface area contributed by atoms with Crippen molar-refractivity contribution in [3.63, 3.8) is 0 Å². The van der Waals surface area contributed by atoms with Crippen LogP contribution in [0.25, 0.3) is 0 Å². The quantitative estimate of drug-likeness (QED) is 0.617. The molecule has 1 saturated heterocycles. The zero-order valence-electron chi connectivity index (χ0n) is 17.3. The van der Waals surface area contributed by atoms with Gasteiger partial charge in [0.15, 0.2) is 6.23 Å². The van der Waals surface area contributed by atoms with Gasteiger partial charge in [0, 0.05) is 25.2 Å². The molecule has 0 amide bonds. The molecule has 2 aromatic rings. The van der Waals surface area contributed by atoms with Gasteiger partial charge in [-0.25, -0.2) is 4.68 Å². The Kier molecular flexibility index (Phi) is 6.29. The van der Waals surface area contributed by atoms with Gasteiger partial charge in [-0.1, -0.05) is 47.2 Å². The van der Waals surface area contributed by atoms with Crippen molar-refractivity contribution in [1.29, 1.82) is 0 Å². The number of aliphatic hydroxyl groups excluding tert-OH is 2. The summed E-state index contributed by atoms with van der Waals surface area (Å²) in [5.74, 6) is -0.196. The second-order valence-electron chi connectivity index (χ2n) is 8.00. The Hall–Kier alpha value is -2.52. The molecule has 2 heterocycles. The molecule has 30 heavy (non-hydrogen) atoms. The van der Waals surface area contributed by atoms with Crippen LogP contribution in [0.15, 0.2) is 54.4 Å². The van der Waals surface area contributed by atoms with Crippen LogP contribution >= 0.6 is 0 Å². The topological polar surface area (TPSA) is 95.7 Å². The van der Waals surface area contributed by atoms with E-state index in [1.54, 1.807) is 10.9 Å². The molecule has 1 aliphatic carbocycles. The summed E-state index contributed by atoms with van der Waals surface area (Å²) in [6.07, 6.45) is 6.85. The highest BCUT2D eigenvalue weighted by Crippen LogP contribution is 2.27.